The van der Waals surface area contributed by atoms with Crippen molar-refractivity contribution in [2.75, 3.05) is 33.5 Å². The highest BCUT2D eigenvalue weighted by Gasteiger charge is 2.05. The number of aliphatic hydroxyl groups excluding tert-OH is 2. The van der Waals surface area contributed by atoms with Crippen molar-refractivity contribution in [2.45, 2.75) is 19.8 Å². The van der Waals surface area contributed by atoms with Crippen LogP contribution in [-0.4, -0.2) is 53.5 Å². The Morgan fingerprint density at radius 1 is 1.20 bits per heavy atom. The van der Waals surface area contributed by atoms with E-state index >= 15 is 0 Å². The zero-order chi connectivity index (χ0) is 10.8. The first-order valence-electron chi connectivity index (χ1n) is 5.09. The van der Waals surface area contributed by atoms with E-state index in [1.54, 1.807) is 0 Å². The maximum absolute atomic E-state index is 7.62. The molecule has 0 unspecified atom stereocenters. The van der Waals surface area contributed by atoms with Crippen molar-refractivity contribution in [3.63, 3.8) is 0 Å². The maximum atomic E-state index is 7.62. The number of aliphatic hydroxyl groups is 2. The Morgan fingerprint density at radius 3 is 2.13 bits per heavy atom. The van der Waals surface area contributed by atoms with E-state index in [1.807, 2.05) is 0 Å². The second-order valence-corrected chi connectivity index (χ2v) is 3.31. The van der Waals surface area contributed by atoms with Crippen LogP contribution < -0.4 is 0 Å². The maximum Gasteiger partial charge on any atom is 0.0890 e. The third-order valence-corrected chi connectivity index (χ3v) is 1.84. The molecule has 1 aliphatic rings. The van der Waals surface area contributed by atoms with Crippen LogP contribution in [0, 0.1) is 0 Å². The minimum atomic E-state index is -0.125. The lowest BCUT2D eigenvalue weighted by Gasteiger charge is -2.17. The largest absolute Gasteiger partial charge is 0.394 e. The van der Waals surface area contributed by atoms with Gasteiger partial charge in [0.2, 0.25) is 0 Å². The van der Waals surface area contributed by atoms with E-state index in [-0.39, 0.29) is 30.2 Å². The Hall–Kier alpha value is -0.260. The van der Waals surface area contributed by atoms with Gasteiger partial charge in [-0.1, -0.05) is 13.3 Å². The van der Waals surface area contributed by atoms with Gasteiger partial charge in [0, 0.05) is 26.0 Å². The molecular weight excluding hydrogens is 260 g/mol. The van der Waals surface area contributed by atoms with Gasteiger partial charge in [0.25, 0.3) is 0 Å². The molecule has 0 aromatic rings. The quantitative estimate of drug-likeness (QED) is 0.808. The first kappa shape index (κ1) is 17.1. The zero-order valence-corrected chi connectivity index (χ0v) is 11.3. The summed E-state index contributed by atoms with van der Waals surface area (Å²) in [6.45, 7) is 4.25. The molecule has 15 heavy (non-hydrogen) atoms. The van der Waals surface area contributed by atoms with E-state index in [9.17, 15) is 0 Å². The summed E-state index contributed by atoms with van der Waals surface area (Å²) in [5, 5.41) is 15.2. The highest BCUT2D eigenvalue weighted by molar-refractivity contribution is 8.93. The van der Waals surface area contributed by atoms with Gasteiger partial charge in [0.15, 0.2) is 0 Å². The number of unbranched alkanes of at least 4 members (excludes halogenated alkanes) is 1. The molecule has 1 heterocycles. The lowest BCUT2D eigenvalue weighted by atomic mass is 10.3. The molecule has 0 amide bonds. The average Bonchev–Trinajstić information content (AvgIpc) is 2.61. The summed E-state index contributed by atoms with van der Waals surface area (Å²) in [5.74, 6) is 0. The van der Waals surface area contributed by atoms with Crippen molar-refractivity contribution in [2.24, 2.45) is 0 Å². The SMILES string of the molecule is Br.CCCCN1C=CN(C)C1.OCCO. The van der Waals surface area contributed by atoms with Gasteiger partial charge in [-0.2, -0.15) is 0 Å². The molecule has 4 nitrogen and oxygen atoms in total. The van der Waals surface area contributed by atoms with Gasteiger partial charge in [-0.3, -0.25) is 0 Å². The average molecular weight is 283 g/mol. The molecule has 5 heteroatoms. The van der Waals surface area contributed by atoms with E-state index in [1.165, 1.54) is 19.4 Å². The summed E-state index contributed by atoms with van der Waals surface area (Å²) in [7, 11) is 2.10. The van der Waals surface area contributed by atoms with Gasteiger partial charge in [-0.15, -0.1) is 17.0 Å². The second-order valence-electron chi connectivity index (χ2n) is 3.31. The minimum Gasteiger partial charge on any atom is -0.394 e. The van der Waals surface area contributed by atoms with Crippen molar-refractivity contribution in [1.82, 2.24) is 9.80 Å². The summed E-state index contributed by atoms with van der Waals surface area (Å²) in [5.41, 5.74) is 0. The first-order valence-corrected chi connectivity index (χ1v) is 5.09. The molecule has 1 rings (SSSR count). The van der Waals surface area contributed by atoms with Crippen LogP contribution in [0.2, 0.25) is 0 Å². The van der Waals surface area contributed by atoms with Gasteiger partial charge in [0.1, 0.15) is 0 Å². The van der Waals surface area contributed by atoms with Crippen LogP contribution in [0.4, 0.5) is 0 Å². The number of hydrogen-bond donors (Lipinski definition) is 2. The molecule has 0 aromatic carbocycles. The van der Waals surface area contributed by atoms with Crippen LogP contribution in [0.15, 0.2) is 12.4 Å². The van der Waals surface area contributed by atoms with Crippen LogP contribution >= 0.6 is 17.0 Å². The monoisotopic (exact) mass is 282 g/mol. The molecule has 0 saturated heterocycles. The molecular formula is C10H23BrN2O2. The molecule has 0 radical (unpaired) electrons. The fourth-order valence-electron chi connectivity index (χ4n) is 1.10. The lowest BCUT2D eigenvalue weighted by molar-refractivity contribution is 0.186. The predicted octanol–water partition coefficient (Wildman–Crippen LogP) is 1.01. The molecule has 92 valence electrons. The highest BCUT2D eigenvalue weighted by Crippen LogP contribution is 2.04. The van der Waals surface area contributed by atoms with E-state index in [0.29, 0.717) is 0 Å². The summed E-state index contributed by atoms with van der Waals surface area (Å²) in [4.78, 5) is 4.53. The summed E-state index contributed by atoms with van der Waals surface area (Å²) in [6.07, 6.45) is 6.87. The van der Waals surface area contributed by atoms with Crippen LogP contribution in [-0.2, 0) is 0 Å². The third kappa shape index (κ3) is 10.0. The molecule has 0 saturated carbocycles. The van der Waals surface area contributed by atoms with Crippen molar-refractivity contribution in [1.29, 1.82) is 0 Å². The van der Waals surface area contributed by atoms with Gasteiger partial charge in [0.05, 0.1) is 19.9 Å². The molecule has 0 fully saturated rings. The number of rotatable bonds is 4. The lowest BCUT2D eigenvalue weighted by Crippen LogP contribution is -2.23. The van der Waals surface area contributed by atoms with Crippen LogP contribution in [0.1, 0.15) is 19.8 Å². The van der Waals surface area contributed by atoms with Gasteiger partial charge >= 0.3 is 0 Å². The van der Waals surface area contributed by atoms with Gasteiger partial charge in [-0.25, -0.2) is 0 Å². The Bertz CT molecular complexity index is 154. The number of hydrogen-bond acceptors (Lipinski definition) is 4. The predicted molar refractivity (Wildman–Crippen MR) is 67.9 cm³/mol. The van der Waals surface area contributed by atoms with Crippen molar-refractivity contribution >= 4 is 17.0 Å². The molecule has 0 atom stereocenters. The fraction of sp³-hybridized carbons (Fsp3) is 0.800. The summed E-state index contributed by atoms with van der Waals surface area (Å²) >= 11 is 0. The minimum absolute atomic E-state index is 0. The van der Waals surface area contributed by atoms with E-state index in [4.69, 9.17) is 10.2 Å². The van der Waals surface area contributed by atoms with Crippen LogP contribution in [0.25, 0.3) is 0 Å². The Balaban J connectivity index is 0. The van der Waals surface area contributed by atoms with Gasteiger partial charge < -0.3 is 20.0 Å². The highest BCUT2D eigenvalue weighted by atomic mass is 79.9. The molecule has 0 spiro atoms. The van der Waals surface area contributed by atoms with Crippen molar-refractivity contribution in [3.8, 4) is 0 Å². The molecule has 1 aliphatic heterocycles. The van der Waals surface area contributed by atoms with Crippen LogP contribution in [0.5, 0.6) is 0 Å². The van der Waals surface area contributed by atoms with Crippen molar-refractivity contribution in [3.05, 3.63) is 12.4 Å². The Morgan fingerprint density at radius 2 is 1.80 bits per heavy atom. The normalized spacial score (nSPS) is 13.3. The summed E-state index contributed by atoms with van der Waals surface area (Å²) < 4.78 is 0. The zero-order valence-electron chi connectivity index (χ0n) is 9.59. The Kier molecular flexibility index (Phi) is 13.5. The third-order valence-electron chi connectivity index (χ3n) is 1.84. The van der Waals surface area contributed by atoms with Crippen molar-refractivity contribution < 1.29 is 10.2 Å². The molecule has 0 bridgehead atoms. The standard InChI is InChI=1S/C8H16N2.C2H6O2.BrH/c1-3-4-5-10-7-6-9(2)8-10;3-1-2-4;/h6-7H,3-5,8H2,1-2H3;3-4H,1-2H2;1H. The Labute approximate surface area is 103 Å². The fourth-order valence-corrected chi connectivity index (χ4v) is 1.10. The smallest absolute Gasteiger partial charge is 0.0890 e. The molecule has 0 aliphatic carbocycles. The number of nitrogens with zero attached hydrogens (tertiary/aromatic N) is 2. The second kappa shape index (κ2) is 11.8. The van der Waals surface area contributed by atoms with E-state index in [2.05, 4.69) is 36.2 Å². The molecule has 2 N–H and O–H groups in total. The summed E-state index contributed by atoms with van der Waals surface area (Å²) in [6, 6.07) is 0. The van der Waals surface area contributed by atoms with E-state index < -0.39 is 0 Å². The first-order chi connectivity index (χ1) is 6.74. The van der Waals surface area contributed by atoms with E-state index in [0.717, 1.165) is 6.67 Å². The topological polar surface area (TPSA) is 46.9 Å². The number of halogens is 1. The van der Waals surface area contributed by atoms with Gasteiger partial charge in [-0.05, 0) is 6.42 Å². The molecule has 0 aromatic heterocycles. The van der Waals surface area contributed by atoms with Crippen LogP contribution in [0.3, 0.4) is 0 Å².